The number of rotatable bonds is 26. The number of nitrogens with one attached hydrogen (secondary N) is 1. The van der Waals surface area contributed by atoms with Crippen molar-refractivity contribution in [1.29, 1.82) is 0 Å². The first-order valence-corrected chi connectivity index (χ1v) is 22.8. The van der Waals surface area contributed by atoms with E-state index in [1.807, 2.05) is 6.92 Å². The minimum absolute atomic E-state index is 0.00891. The number of carbonyl (C=O) groups excluding carboxylic acids is 4. The summed E-state index contributed by atoms with van der Waals surface area (Å²) in [5, 5.41) is 9.95. The highest BCUT2D eigenvalue weighted by Gasteiger charge is 2.60. The summed E-state index contributed by atoms with van der Waals surface area (Å²) >= 11 is 7.66. The average molecular weight is 991 g/mol. The first-order valence-electron chi connectivity index (χ1n) is 20.4. The summed E-state index contributed by atoms with van der Waals surface area (Å²) in [6, 6.07) is -1.69. The van der Waals surface area contributed by atoms with Crippen LogP contribution >= 0.6 is 35.7 Å². The zero-order valence-electron chi connectivity index (χ0n) is 37.2. The SMILES string of the molecule is CCCN1C(=O)N(COC)C2C1N(COC)C(=O)N2CSc1nc(SCN2C(=O)N(COC)C3C2N(COC)C(=O)N3COCCn2c(=O)n(CCO)c(=O)n(CCOC)c2=O)nc(=S)[nH]1. The van der Waals surface area contributed by atoms with Crippen LogP contribution in [0.1, 0.15) is 13.3 Å². The Morgan fingerprint density at radius 3 is 1.45 bits per heavy atom. The number of thioether (sulfide) groups is 2. The van der Waals surface area contributed by atoms with E-state index in [0.717, 1.165) is 37.2 Å². The summed E-state index contributed by atoms with van der Waals surface area (Å²) in [4.78, 5) is 118. The predicted octanol–water partition coefficient (Wildman–Crippen LogP) is -1.49. The number of nitrogens with zero attached hydrogens (tertiary/aromatic N) is 13. The first kappa shape index (κ1) is 50.6. The fourth-order valence-corrected chi connectivity index (χ4v) is 10.1. The Labute approximate surface area is 390 Å². The van der Waals surface area contributed by atoms with Gasteiger partial charge in [0, 0.05) is 42.1 Å². The number of H-pyrrole nitrogens is 1. The van der Waals surface area contributed by atoms with E-state index in [2.05, 4.69) is 15.0 Å². The maximum Gasteiger partial charge on any atom is 0.336 e. The molecule has 2 aromatic rings. The van der Waals surface area contributed by atoms with Crippen LogP contribution in [0, 0.1) is 4.77 Å². The molecular formula is C35H54N14O14S3. The molecule has 4 aliphatic heterocycles. The van der Waals surface area contributed by atoms with E-state index in [4.69, 9.17) is 40.6 Å². The van der Waals surface area contributed by atoms with Crippen molar-refractivity contribution in [2.24, 2.45) is 0 Å². The van der Waals surface area contributed by atoms with Gasteiger partial charge in [0.15, 0.2) is 35.0 Å². The van der Waals surface area contributed by atoms with Crippen LogP contribution in [0.3, 0.4) is 0 Å². The third-order valence-electron chi connectivity index (χ3n) is 10.8. The van der Waals surface area contributed by atoms with Gasteiger partial charge in [-0.3, -0.25) is 39.2 Å². The van der Waals surface area contributed by atoms with Gasteiger partial charge < -0.3 is 38.5 Å². The maximum atomic E-state index is 14.1. The predicted molar refractivity (Wildman–Crippen MR) is 232 cm³/mol. The standard InChI is InChI=1S/C35H54N14O14S3/c1-7-8-39-22-24(45(17-61-5)29(39)51)48(34(56)43(22)15-59-3)20-65-27-36-26(64)37-28(38-27)66-21-49-25-23(44(16-60-4)35(49)57)47(33(55)46(25)18-62-6)19-63-14-11-42-31(53)40(9-12-50)30(52)41(32(42)54)10-13-58-2/h22-25,50H,7-21H2,1-6H3,(H,36,37,38,64). The Morgan fingerprint density at radius 2 is 0.970 bits per heavy atom. The molecule has 0 aromatic carbocycles. The molecule has 0 spiro atoms. The number of ether oxygens (including phenoxy) is 6. The summed E-state index contributed by atoms with van der Waals surface area (Å²) < 4.78 is 34.8. The van der Waals surface area contributed by atoms with Crippen LogP contribution in [-0.2, 0) is 48.1 Å². The number of hydrogen-bond donors (Lipinski definition) is 2. The van der Waals surface area contributed by atoms with Crippen LogP contribution in [-0.4, -0.2) is 229 Å². The molecule has 0 radical (unpaired) electrons. The highest BCUT2D eigenvalue weighted by atomic mass is 32.2. The highest BCUT2D eigenvalue weighted by Crippen LogP contribution is 2.38. The molecule has 0 bridgehead atoms. The molecule has 66 heavy (non-hydrogen) atoms. The molecule has 4 fully saturated rings. The number of urea groups is 4. The molecule has 6 rings (SSSR count). The van der Waals surface area contributed by atoms with E-state index in [1.165, 1.54) is 69.8 Å². The Bertz CT molecular complexity index is 2310. The number of carbonyl (C=O) groups is 4. The number of aromatic nitrogens is 6. The van der Waals surface area contributed by atoms with Gasteiger partial charge in [-0.25, -0.2) is 47.3 Å². The van der Waals surface area contributed by atoms with E-state index < -0.39 is 67.1 Å². The van der Waals surface area contributed by atoms with Crippen molar-refractivity contribution >= 4 is 59.9 Å². The maximum absolute atomic E-state index is 14.1. The number of amides is 8. The minimum atomic E-state index is -0.959. The van der Waals surface area contributed by atoms with Gasteiger partial charge in [0.1, 0.15) is 33.7 Å². The van der Waals surface area contributed by atoms with E-state index in [0.29, 0.717) is 18.1 Å². The average Bonchev–Trinajstić information content (AvgIpc) is 3.91. The number of fused-ring (bicyclic) bond motifs is 2. The van der Waals surface area contributed by atoms with Gasteiger partial charge in [0.05, 0.1) is 51.2 Å². The van der Waals surface area contributed by atoms with E-state index in [1.54, 1.807) is 4.90 Å². The molecule has 4 saturated heterocycles. The summed E-state index contributed by atoms with van der Waals surface area (Å²) in [5.74, 6) is -0.0273. The molecule has 2 aromatic heterocycles. The zero-order valence-corrected chi connectivity index (χ0v) is 39.7. The summed E-state index contributed by atoms with van der Waals surface area (Å²) in [7, 11) is 7.11. The molecule has 0 saturated carbocycles. The Hall–Kier alpha value is -4.86. The number of aliphatic hydroxyl groups excluding tert-OH is 1. The lowest BCUT2D eigenvalue weighted by Gasteiger charge is -2.29. The van der Waals surface area contributed by atoms with Gasteiger partial charge >= 0.3 is 41.2 Å². The zero-order chi connectivity index (χ0) is 47.8. The Morgan fingerprint density at radius 1 is 0.545 bits per heavy atom. The lowest BCUT2D eigenvalue weighted by molar-refractivity contribution is -0.0186. The lowest BCUT2D eigenvalue weighted by atomic mass is 10.3. The second-order valence-electron chi connectivity index (χ2n) is 14.8. The number of hydrogen-bond acceptors (Lipinski definition) is 19. The van der Waals surface area contributed by atoms with E-state index in [9.17, 15) is 38.7 Å². The van der Waals surface area contributed by atoms with Gasteiger partial charge in [-0.15, -0.1) is 0 Å². The molecule has 28 nitrogen and oxygen atoms in total. The molecule has 4 unspecified atom stereocenters. The molecule has 4 atom stereocenters. The highest BCUT2D eigenvalue weighted by molar-refractivity contribution is 7.99. The van der Waals surface area contributed by atoms with Crippen molar-refractivity contribution in [3.63, 3.8) is 0 Å². The largest absolute Gasteiger partial charge is 0.395 e. The first-order chi connectivity index (χ1) is 31.8. The molecular weight excluding hydrogens is 937 g/mol. The van der Waals surface area contributed by atoms with Crippen molar-refractivity contribution in [2.75, 3.05) is 107 Å². The summed E-state index contributed by atoms with van der Waals surface area (Å²) in [5.41, 5.74) is -2.74. The Kier molecular flexibility index (Phi) is 17.4. The monoisotopic (exact) mass is 990 g/mol. The van der Waals surface area contributed by atoms with Gasteiger partial charge in [-0.1, -0.05) is 30.4 Å². The molecule has 6 heterocycles. The lowest BCUT2D eigenvalue weighted by Crippen LogP contribution is -2.55. The summed E-state index contributed by atoms with van der Waals surface area (Å²) in [6.07, 6.45) is -2.53. The second kappa shape index (κ2) is 22.8. The third kappa shape index (κ3) is 9.89. The van der Waals surface area contributed by atoms with Gasteiger partial charge in [0.25, 0.3) is 0 Å². The topological polar surface area (TPSA) is 277 Å². The fraction of sp³-hybridized carbons (Fsp3) is 0.714. The van der Waals surface area contributed by atoms with Crippen LogP contribution in [0.5, 0.6) is 0 Å². The number of aromatic amines is 1. The van der Waals surface area contributed by atoms with Crippen LogP contribution in [0.25, 0.3) is 0 Å². The van der Waals surface area contributed by atoms with Crippen LogP contribution in [0.15, 0.2) is 24.7 Å². The molecule has 0 aliphatic carbocycles. The van der Waals surface area contributed by atoms with Crippen molar-refractivity contribution in [3.8, 4) is 0 Å². The molecule has 8 amide bonds. The summed E-state index contributed by atoms with van der Waals surface area (Å²) in [6.45, 7) is -0.158. The molecule has 2 N–H and O–H groups in total. The van der Waals surface area contributed by atoms with E-state index >= 15 is 0 Å². The number of methoxy groups -OCH3 is 5. The second-order valence-corrected chi connectivity index (χ2v) is 17.0. The molecule has 31 heteroatoms. The Balaban J connectivity index is 1.17. The molecule has 4 aliphatic rings. The quantitative estimate of drug-likeness (QED) is 0.0617. The van der Waals surface area contributed by atoms with Crippen LogP contribution in [0.4, 0.5) is 19.2 Å². The minimum Gasteiger partial charge on any atom is -0.395 e. The van der Waals surface area contributed by atoms with Gasteiger partial charge in [-0.05, 0) is 18.6 Å². The molecule has 366 valence electrons. The van der Waals surface area contributed by atoms with E-state index in [-0.39, 0.29) is 93.5 Å². The van der Waals surface area contributed by atoms with Crippen molar-refractivity contribution in [2.45, 2.75) is 68.0 Å². The fourth-order valence-electron chi connectivity index (χ4n) is 8.07. The normalized spacial score (nSPS) is 20.7. The van der Waals surface area contributed by atoms with Crippen LogP contribution in [0.2, 0.25) is 0 Å². The number of aliphatic hydroxyl groups is 1. The van der Waals surface area contributed by atoms with Gasteiger partial charge in [0.2, 0.25) is 4.77 Å². The van der Waals surface area contributed by atoms with Crippen molar-refractivity contribution in [1.82, 2.24) is 67.9 Å². The third-order valence-corrected chi connectivity index (χ3v) is 12.7. The van der Waals surface area contributed by atoms with Crippen molar-refractivity contribution in [3.05, 3.63) is 36.2 Å². The van der Waals surface area contributed by atoms with Gasteiger partial charge in [-0.2, -0.15) is 9.97 Å². The van der Waals surface area contributed by atoms with Crippen molar-refractivity contribution < 1.29 is 52.7 Å². The smallest absolute Gasteiger partial charge is 0.336 e. The van der Waals surface area contributed by atoms with Crippen LogP contribution < -0.4 is 17.1 Å².